The van der Waals surface area contributed by atoms with Gasteiger partial charge in [0.2, 0.25) is 5.91 Å². The minimum absolute atomic E-state index is 0.0361. The molecule has 0 aliphatic carbocycles. The Kier molecular flexibility index (Phi) is 8.23. The van der Waals surface area contributed by atoms with Gasteiger partial charge in [0, 0.05) is 35.9 Å². The molecule has 0 aromatic heterocycles. The number of hydrogen-bond acceptors (Lipinski definition) is 6. The van der Waals surface area contributed by atoms with Crippen LogP contribution in [0, 0.1) is 0 Å². The van der Waals surface area contributed by atoms with Crippen molar-refractivity contribution in [2.75, 3.05) is 43.4 Å². The van der Waals surface area contributed by atoms with E-state index in [9.17, 15) is 14.7 Å². The van der Waals surface area contributed by atoms with Gasteiger partial charge in [-0.25, -0.2) is 4.79 Å². The lowest BCUT2D eigenvalue weighted by molar-refractivity contribution is -0.142. The van der Waals surface area contributed by atoms with Crippen LogP contribution in [-0.2, 0) is 9.53 Å². The summed E-state index contributed by atoms with van der Waals surface area (Å²) in [5, 5.41) is 18.7. The average molecular weight is 509 g/mol. The van der Waals surface area contributed by atoms with E-state index >= 15 is 0 Å². The third-order valence-corrected chi connectivity index (χ3v) is 7.40. The Hall–Kier alpha value is -3.14. The molecule has 2 saturated heterocycles. The van der Waals surface area contributed by atoms with E-state index in [1.54, 1.807) is 6.07 Å². The van der Waals surface area contributed by atoms with Crippen LogP contribution in [0.3, 0.4) is 0 Å². The Labute approximate surface area is 217 Å². The highest BCUT2D eigenvalue weighted by atomic mass is 16.6. The van der Waals surface area contributed by atoms with Crippen LogP contribution >= 0.6 is 0 Å². The molecule has 3 amide bonds. The lowest BCUT2D eigenvalue weighted by Crippen LogP contribution is -2.47. The Morgan fingerprint density at radius 2 is 1.78 bits per heavy atom. The van der Waals surface area contributed by atoms with Gasteiger partial charge in [0.15, 0.2) is 0 Å². The fraction of sp³-hybridized carbons (Fsp3) is 0.500. The first kappa shape index (κ1) is 25.5. The fourth-order valence-corrected chi connectivity index (χ4v) is 5.60. The van der Waals surface area contributed by atoms with Gasteiger partial charge < -0.3 is 35.4 Å². The lowest BCUT2D eigenvalue weighted by Gasteiger charge is -2.37. The quantitative estimate of drug-likeness (QED) is 0.435. The van der Waals surface area contributed by atoms with Crippen LogP contribution in [0.25, 0.3) is 0 Å². The van der Waals surface area contributed by atoms with E-state index in [0.29, 0.717) is 24.3 Å². The molecule has 3 aliphatic rings. The number of aliphatic hydroxyl groups excluding tert-OH is 1. The van der Waals surface area contributed by atoms with Crippen molar-refractivity contribution < 1.29 is 24.2 Å². The summed E-state index contributed by atoms with van der Waals surface area (Å²) >= 11 is 0. The molecule has 0 radical (unpaired) electrons. The van der Waals surface area contributed by atoms with Crippen molar-refractivity contribution in [3.8, 4) is 5.75 Å². The van der Waals surface area contributed by atoms with Gasteiger partial charge in [0.05, 0.1) is 19.1 Å². The minimum Gasteiger partial charge on any atom is -0.487 e. The standard InChI is InChI=1S/C28H36N4O5/c33-18-25-27-23(16-21(36-25)17-26(34)29-11-14-32-12-5-2-6-13-32)22-15-20(9-10-24(22)37-27)31-28(35)30-19-7-3-1-4-8-19/h1,3-4,7-10,15,21,23,25,27,33H,2,5-6,11-14,16-18H2,(H,29,34)(H2,30,31,35)/t21-,23-,25+,27+/m1/s1. The maximum absolute atomic E-state index is 12.7. The van der Waals surface area contributed by atoms with Crippen molar-refractivity contribution in [2.24, 2.45) is 0 Å². The Morgan fingerprint density at radius 3 is 2.57 bits per heavy atom. The molecule has 198 valence electrons. The number of urea groups is 1. The molecule has 4 atom stereocenters. The lowest BCUT2D eigenvalue weighted by atomic mass is 9.84. The number of para-hydroxylation sites is 1. The zero-order valence-electron chi connectivity index (χ0n) is 21.0. The number of hydrogen-bond donors (Lipinski definition) is 4. The van der Waals surface area contributed by atoms with Crippen molar-refractivity contribution in [2.45, 2.75) is 56.3 Å². The molecule has 37 heavy (non-hydrogen) atoms. The smallest absolute Gasteiger partial charge is 0.323 e. The summed E-state index contributed by atoms with van der Waals surface area (Å²) < 4.78 is 12.2. The molecular weight excluding hydrogens is 472 g/mol. The number of piperidine rings is 1. The summed E-state index contributed by atoms with van der Waals surface area (Å²) in [4.78, 5) is 27.5. The number of nitrogens with zero attached hydrogens (tertiary/aromatic N) is 1. The van der Waals surface area contributed by atoms with Gasteiger partial charge in [-0.05, 0) is 62.7 Å². The van der Waals surface area contributed by atoms with Crippen LogP contribution in [0.15, 0.2) is 48.5 Å². The molecule has 2 aromatic rings. The van der Waals surface area contributed by atoms with Crippen LogP contribution in [0.5, 0.6) is 5.75 Å². The van der Waals surface area contributed by atoms with E-state index in [1.165, 1.54) is 19.3 Å². The van der Waals surface area contributed by atoms with E-state index in [4.69, 9.17) is 9.47 Å². The number of nitrogens with one attached hydrogen (secondary N) is 3. The van der Waals surface area contributed by atoms with Gasteiger partial charge in [-0.2, -0.15) is 0 Å². The van der Waals surface area contributed by atoms with Crippen molar-refractivity contribution in [1.29, 1.82) is 0 Å². The third kappa shape index (κ3) is 6.41. The number of carbonyl (C=O) groups is 2. The van der Waals surface area contributed by atoms with Crippen LogP contribution in [0.2, 0.25) is 0 Å². The molecule has 4 N–H and O–H groups in total. The summed E-state index contributed by atoms with van der Waals surface area (Å²) in [7, 11) is 0. The summed E-state index contributed by atoms with van der Waals surface area (Å²) in [5.41, 5.74) is 2.31. The van der Waals surface area contributed by atoms with E-state index in [2.05, 4.69) is 20.9 Å². The molecule has 0 spiro atoms. The molecule has 2 fully saturated rings. The Balaban J connectivity index is 1.18. The second-order valence-corrected chi connectivity index (χ2v) is 10.1. The molecule has 9 nitrogen and oxygen atoms in total. The van der Waals surface area contributed by atoms with Gasteiger partial charge in [0.1, 0.15) is 18.0 Å². The topological polar surface area (TPSA) is 112 Å². The first-order chi connectivity index (χ1) is 18.1. The highest BCUT2D eigenvalue weighted by molar-refractivity contribution is 5.99. The minimum atomic E-state index is -0.518. The molecule has 3 heterocycles. The normalized spacial score (nSPS) is 24.9. The van der Waals surface area contributed by atoms with Gasteiger partial charge in [-0.3, -0.25) is 4.79 Å². The van der Waals surface area contributed by atoms with Crippen LogP contribution in [0.4, 0.5) is 16.2 Å². The highest BCUT2D eigenvalue weighted by Gasteiger charge is 2.46. The second-order valence-electron chi connectivity index (χ2n) is 10.1. The fourth-order valence-electron chi connectivity index (χ4n) is 5.60. The molecular formula is C28H36N4O5. The molecule has 5 rings (SSSR count). The SMILES string of the molecule is O=C(C[C@H]1C[C@@H]2c3cc(NC(=O)Nc4ccccc4)ccc3O[C@@H]2[C@H](CO)O1)NCCN1CCCCC1. The second kappa shape index (κ2) is 11.9. The Bertz CT molecular complexity index is 1080. The maximum Gasteiger partial charge on any atom is 0.323 e. The van der Waals surface area contributed by atoms with Gasteiger partial charge >= 0.3 is 6.03 Å². The zero-order chi connectivity index (χ0) is 25.6. The zero-order valence-corrected chi connectivity index (χ0v) is 21.0. The van der Waals surface area contributed by atoms with Crippen molar-refractivity contribution in [3.63, 3.8) is 0 Å². The van der Waals surface area contributed by atoms with Crippen LogP contribution in [0.1, 0.15) is 43.6 Å². The number of fused-ring (bicyclic) bond motifs is 3. The van der Waals surface area contributed by atoms with E-state index in [1.807, 2.05) is 42.5 Å². The first-order valence-electron chi connectivity index (χ1n) is 13.3. The Morgan fingerprint density at radius 1 is 1.00 bits per heavy atom. The molecule has 0 bridgehead atoms. The highest BCUT2D eigenvalue weighted by Crippen LogP contribution is 2.47. The number of likely N-dealkylation sites (tertiary alicyclic amines) is 1. The largest absolute Gasteiger partial charge is 0.487 e. The predicted octanol–water partition coefficient (Wildman–Crippen LogP) is 3.32. The summed E-state index contributed by atoms with van der Waals surface area (Å²) in [6.07, 6.45) is 3.44. The molecule has 0 unspecified atom stereocenters. The number of aliphatic hydroxyl groups is 1. The van der Waals surface area contributed by atoms with Crippen LogP contribution in [-0.4, -0.2) is 73.0 Å². The summed E-state index contributed by atoms with van der Waals surface area (Å²) in [6.45, 7) is 3.52. The number of carbonyl (C=O) groups excluding carboxylic acids is 2. The van der Waals surface area contributed by atoms with E-state index < -0.39 is 6.10 Å². The van der Waals surface area contributed by atoms with Gasteiger partial charge in [-0.1, -0.05) is 24.6 Å². The summed E-state index contributed by atoms with van der Waals surface area (Å²) in [6, 6.07) is 14.5. The molecule has 0 saturated carbocycles. The first-order valence-corrected chi connectivity index (χ1v) is 13.3. The van der Waals surface area contributed by atoms with E-state index in [0.717, 1.165) is 30.9 Å². The number of anilines is 2. The molecule has 2 aromatic carbocycles. The van der Waals surface area contributed by atoms with Crippen molar-refractivity contribution in [1.82, 2.24) is 10.2 Å². The van der Waals surface area contributed by atoms with E-state index in [-0.39, 0.29) is 43.1 Å². The number of rotatable bonds is 8. The summed E-state index contributed by atoms with van der Waals surface area (Å²) in [5.74, 6) is 0.646. The van der Waals surface area contributed by atoms with Gasteiger partial charge in [0.25, 0.3) is 0 Å². The number of benzene rings is 2. The molecule has 3 aliphatic heterocycles. The molecule has 9 heteroatoms. The van der Waals surface area contributed by atoms with Crippen molar-refractivity contribution in [3.05, 3.63) is 54.1 Å². The predicted molar refractivity (Wildman–Crippen MR) is 141 cm³/mol. The van der Waals surface area contributed by atoms with Gasteiger partial charge in [-0.15, -0.1) is 0 Å². The van der Waals surface area contributed by atoms with Crippen molar-refractivity contribution >= 4 is 23.3 Å². The average Bonchev–Trinajstić information content (AvgIpc) is 3.27. The number of amides is 3. The van der Waals surface area contributed by atoms with Crippen LogP contribution < -0.4 is 20.7 Å². The monoisotopic (exact) mass is 508 g/mol. The third-order valence-electron chi connectivity index (χ3n) is 7.40. The number of ether oxygens (including phenoxy) is 2. The maximum atomic E-state index is 12.7.